The Morgan fingerprint density at radius 3 is 2.59 bits per heavy atom. The van der Waals surface area contributed by atoms with E-state index < -0.39 is 0 Å². The number of hydrogen-bond donors (Lipinski definition) is 3. The number of carbonyl (C=O) groups is 2. The van der Waals surface area contributed by atoms with Gasteiger partial charge in [-0.05, 0) is 62.8 Å². The molecule has 3 N–H and O–H groups in total. The Morgan fingerprint density at radius 1 is 1.15 bits per heavy atom. The molecule has 0 unspecified atom stereocenters. The number of rotatable bonds is 4. The summed E-state index contributed by atoms with van der Waals surface area (Å²) in [6, 6.07) is 6.62. The Bertz CT molecular complexity index is 860. The number of aromatic nitrogens is 1. The summed E-state index contributed by atoms with van der Waals surface area (Å²) in [5.74, 6) is 0.222. The van der Waals surface area contributed by atoms with Crippen LogP contribution in [-0.4, -0.2) is 41.0 Å². The number of carbonyl (C=O) groups excluding carboxylic acids is 2. The maximum absolute atomic E-state index is 12.5. The average molecular weight is 368 g/mol. The highest BCUT2D eigenvalue weighted by Gasteiger charge is 2.31. The van der Waals surface area contributed by atoms with Gasteiger partial charge < -0.3 is 20.5 Å². The molecule has 2 aromatic rings. The van der Waals surface area contributed by atoms with E-state index in [1.807, 2.05) is 11.0 Å². The second-order valence-corrected chi connectivity index (χ2v) is 7.96. The molecule has 6 nitrogen and oxygen atoms in total. The maximum Gasteiger partial charge on any atom is 0.317 e. The standard InChI is InChI=1S/C21H28N4O2/c1-13-14(2)23-19-6-3-15(11-18(13)19)12-22-21(27)25-9-7-16(8-10-25)20(26)24-17-4-5-17/h3,6,11,16-17,23H,4-5,7-10,12H2,1-2H3,(H,22,27)(H,24,26). The fourth-order valence-electron chi connectivity index (χ4n) is 3.80. The Morgan fingerprint density at radius 2 is 1.89 bits per heavy atom. The molecule has 0 radical (unpaired) electrons. The van der Waals surface area contributed by atoms with E-state index in [0.29, 0.717) is 25.7 Å². The number of urea groups is 1. The minimum Gasteiger partial charge on any atom is -0.358 e. The van der Waals surface area contributed by atoms with E-state index in [1.165, 1.54) is 16.6 Å². The van der Waals surface area contributed by atoms with Gasteiger partial charge in [-0.15, -0.1) is 0 Å². The van der Waals surface area contributed by atoms with Crippen LogP contribution in [0.15, 0.2) is 18.2 Å². The predicted molar refractivity (Wildman–Crippen MR) is 105 cm³/mol. The molecule has 1 aromatic heterocycles. The van der Waals surface area contributed by atoms with Gasteiger partial charge in [0.15, 0.2) is 0 Å². The zero-order valence-corrected chi connectivity index (χ0v) is 16.1. The van der Waals surface area contributed by atoms with Crippen molar-refractivity contribution >= 4 is 22.8 Å². The number of likely N-dealkylation sites (tertiary alicyclic amines) is 1. The third-order valence-corrected chi connectivity index (χ3v) is 5.89. The SMILES string of the molecule is Cc1[nH]c2ccc(CNC(=O)N3CCC(C(=O)NC4CC4)CC3)cc2c1C. The Labute approximate surface area is 159 Å². The molecule has 2 aliphatic rings. The normalized spacial score (nSPS) is 17.9. The van der Waals surface area contributed by atoms with Crippen LogP contribution in [0.5, 0.6) is 0 Å². The number of nitrogens with one attached hydrogen (secondary N) is 3. The number of nitrogens with zero attached hydrogens (tertiary/aromatic N) is 1. The molecule has 1 aliphatic heterocycles. The summed E-state index contributed by atoms with van der Waals surface area (Å²) in [6.07, 6.45) is 3.72. The number of amides is 3. The molecule has 1 saturated heterocycles. The Hall–Kier alpha value is -2.50. The lowest BCUT2D eigenvalue weighted by molar-refractivity contribution is -0.126. The first-order valence-corrected chi connectivity index (χ1v) is 9.92. The Balaban J connectivity index is 1.28. The molecule has 0 spiro atoms. The van der Waals surface area contributed by atoms with Crippen molar-refractivity contribution in [2.75, 3.05) is 13.1 Å². The van der Waals surface area contributed by atoms with E-state index in [-0.39, 0.29) is 17.9 Å². The van der Waals surface area contributed by atoms with Crippen LogP contribution in [0, 0.1) is 19.8 Å². The van der Waals surface area contributed by atoms with Crippen LogP contribution >= 0.6 is 0 Å². The van der Waals surface area contributed by atoms with Gasteiger partial charge in [0.05, 0.1) is 0 Å². The summed E-state index contributed by atoms with van der Waals surface area (Å²) < 4.78 is 0. The fraction of sp³-hybridized carbons (Fsp3) is 0.524. The molecule has 27 heavy (non-hydrogen) atoms. The lowest BCUT2D eigenvalue weighted by Crippen LogP contribution is -2.46. The molecule has 2 fully saturated rings. The number of hydrogen-bond acceptors (Lipinski definition) is 2. The van der Waals surface area contributed by atoms with Crippen LogP contribution < -0.4 is 10.6 Å². The number of aryl methyl sites for hydroxylation is 2. The van der Waals surface area contributed by atoms with E-state index in [2.05, 4.69) is 41.6 Å². The average Bonchev–Trinajstić information content (AvgIpc) is 3.45. The summed E-state index contributed by atoms with van der Waals surface area (Å²) in [5.41, 5.74) is 4.66. The lowest BCUT2D eigenvalue weighted by Gasteiger charge is -2.31. The van der Waals surface area contributed by atoms with Crippen molar-refractivity contribution in [3.63, 3.8) is 0 Å². The highest BCUT2D eigenvalue weighted by molar-refractivity contribution is 5.85. The molecule has 2 heterocycles. The Kier molecular flexibility index (Phi) is 4.81. The summed E-state index contributed by atoms with van der Waals surface area (Å²) in [5, 5.41) is 7.31. The van der Waals surface area contributed by atoms with Crippen molar-refractivity contribution in [3.05, 3.63) is 35.0 Å². The summed E-state index contributed by atoms with van der Waals surface area (Å²) >= 11 is 0. The van der Waals surface area contributed by atoms with Gasteiger partial charge in [0.1, 0.15) is 0 Å². The van der Waals surface area contributed by atoms with Gasteiger partial charge in [-0.1, -0.05) is 6.07 Å². The van der Waals surface area contributed by atoms with Crippen LogP contribution in [0.25, 0.3) is 10.9 Å². The fourth-order valence-corrected chi connectivity index (χ4v) is 3.80. The van der Waals surface area contributed by atoms with Crippen molar-refractivity contribution < 1.29 is 9.59 Å². The summed E-state index contributed by atoms with van der Waals surface area (Å²) in [4.78, 5) is 29.8. The highest BCUT2D eigenvalue weighted by Crippen LogP contribution is 2.24. The van der Waals surface area contributed by atoms with Gasteiger partial charge in [0.25, 0.3) is 0 Å². The van der Waals surface area contributed by atoms with E-state index in [1.54, 1.807) is 0 Å². The molecule has 6 heteroatoms. The van der Waals surface area contributed by atoms with Crippen molar-refractivity contribution in [2.24, 2.45) is 5.92 Å². The lowest BCUT2D eigenvalue weighted by atomic mass is 9.96. The molecule has 0 bridgehead atoms. The number of aromatic amines is 1. The first kappa shape index (κ1) is 17.9. The van der Waals surface area contributed by atoms with Crippen LogP contribution in [-0.2, 0) is 11.3 Å². The number of H-pyrrole nitrogens is 1. The monoisotopic (exact) mass is 368 g/mol. The van der Waals surface area contributed by atoms with Gasteiger partial charge in [-0.3, -0.25) is 4.79 Å². The quantitative estimate of drug-likeness (QED) is 0.776. The van der Waals surface area contributed by atoms with Gasteiger partial charge in [0, 0.05) is 48.2 Å². The second kappa shape index (κ2) is 7.25. The zero-order chi connectivity index (χ0) is 19.0. The molecular weight excluding hydrogens is 340 g/mol. The van der Waals surface area contributed by atoms with Crippen LogP contribution in [0.4, 0.5) is 4.79 Å². The molecule has 1 saturated carbocycles. The van der Waals surface area contributed by atoms with Crippen LogP contribution in [0.2, 0.25) is 0 Å². The topological polar surface area (TPSA) is 77.2 Å². The number of piperidine rings is 1. The van der Waals surface area contributed by atoms with Gasteiger partial charge in [-0.25, -0.2) is 4.79 Å². The van der Waals surface area contributed by atoms with Gasteiger partial charge in [0.2, 0.25) is 5.91 Å². The third kappa shape index (κ3) is 3.94. The molecule has 1 aliphatic carbocycles. The summed E-state index contributed by atoms with van der Waals surface area (Å²) in [6.45, 7) is 5.99. The molecule has 1 aromatic carbocycles. The molecule has 3 amide bonds. The van der Waals surface area contributed by atoms with E-state index in [0.717, 1.165) is 36.8 Å². The van der Waals surface area contributed by atoms with E-state index >= 15 is 0 Å². The first-order valence-electron chi connectivity index (χ1n) is 9.92. The summed E-state index contributed by atoms with van der Waals surface area (Å²) in [7, 11) is 0. The van der Waals surface area contributed by atoms with Crippen molar-refractivity contribution in [3.8, 4) is 0 Å². The smallest absolute Gasteiger partial charge is 0.317 e. The van der Waals surface area contributed by atoms with Crippen molar-refractivity contribution in [1.82, 2.24) is 20.5 Å². The highest BCUT2D eigenvalue weighted by atomic mass is 16.2. The predicted octanol–water partition coefficient (Wildman–Crippen LogP) is 2.98. The third-order valence-electron chi connectivity index (χ3n) is 5.89. The second-order valence-electron chi connectivity index (χ2n) is 7.96. The van der Waals surface area contributed by atoms with Crippen LogP contribution in [0.1, 0.15) is 42.5 Å². The van der Waals surface area contributed by atoms with Crippen molar-refractivity contribution in [2.45, 2.75) is 52.1 Å². The van der Waals surface area contributed by atoms with Crippen LogP contribution in [0.3, 0.4) is 0 Å². The minimum atomic E-state index is -0.0434. The van der Waals surface area contributed by atoms with E-state index in [9.17, 15) is 9.59 Å². The van der Waals surface area contributed by atoms with Gasteiger partial charge in [-0.2, -0.15) is 0 Å². The minimum absolute atomic E-state index is 0.0434. The molecule has 0 atom stereocenters. The molecule has 144 valence electrons. The number of fused-ring (bicyclic) bond motifs is 1. The molecular formula is C21H28N4O2. The zero-order valence-electron chi connectivity index (χ0n) is 16.1. The molecule has 4 rings (SSSR count). The largest absolute Gasteiger partial charge is 0.358 e. The van der Waals surface area contributed by atoms with Gasteiger partial charge >= 0.3 is 6.03 Å². The number of benzene rings is 1. The first-order chi connectivity index (χ1) is 13.0. The van der Waals surface area contributed by atoms with Crippen molar-refractivity contribution in [1.29, 1.82) is 0 Å². The van der Waals surface area contributed by atoms with E-state index in [4.69, 9.17) is 0 Å². The maximum atomic E-state index is 12.5.